The second-order valence-electron chi connectivity index (χ2n) is 7.84. The molecular formula is C21H33FN6. The molecule has 1 saturated heterocycles. The van der Waals surface area contributed by atoms with E-state index >= 15 is 0 Å². The number of hydrogen-bond acceptors (Lipinski definition) is 3. The van der Waals surface area contributed by atoms with Crippen LogP contribution in [-0.4, -0.2) is 80.7 Å². The number of nitrogens with zero attached hydrogens (tertiary/aromatic N) is 3. The predicted octanol–water partition coefficient (Wildman–Crippen LogP) is 1.90. The van der Waals surface area contributed by atoms with Crippen LogP contribution in [0.15, 0.2) is 29.4 Å². The molecule has 1 aliphatic heterocycles. The van der Waals surface area contributed by atoms with E-state index in [1.807, 2.05) is 12.3 Å². The normalized spacial score (nSPS) is 17.8. The van der Waals surface area contributed by atoms with Crippen molar-refractivity contribution in [2.45, 2.75) is 13.3 Å². The van der Waals surface area contributed by atoms with Crippen molar-refractivity contribution in [1.82, 2.24) is 25.4 Å². The van der Waals surface area contributed by atoms with Crippen LogP contribution in [0.3, 0.4) is 0 Å². The predicted molar refractivity (Wildman–Crippen MR) is 114 cm³/mol. The van der Waals surface area contributed by atoms with Gasteiger partial charge in [-0.15, -0.1) is 0 Å². The number of aliphatic imine (C=N–C) groups is 1. The van der Waals surface area contributed by atoms with Gasteiger partial charge in [-0.25, -0.2) is 4.39 Å². The quantitative estimate of drug-likeness (QED) is 0.501. The van der Waals surface area contributed by atoms with Crippen LogP contribution in [0.5, 0.6) is 0 Å². The first-order valence-electron chi connectivity index (χ1n) is 10.2. The number of halogens is 1. The molecule has 3 N–H and O–H groups in total. The second kappa shape index (κ2) is 9.89. The number of guanidine groups is 1. The fourth-order valence-corrected chi connectivity index (χ4v) is 3.71. The summed E-state index contributed by atoms with van der Waals surface area (Å²) in [6, 6.07) is 4.88. The smallest absolute Gasteiger partial charge is 0.190 e. The van der Waals surface area contributed by atoms with E-state index in [0.717, 1.165) is 69.1 Å². The molecule has 0 spiro atoms. The van der Waals surface area contributed by atoms with Crippen molar-refractivity contribution in [3.8, 4) is 0 Å². The molecule has 3 rings (SSSR count). The topological polar surface area (TPSA) is 58.7 Å². The van der Waals surface area contributed by atoms with Gasteiger partial charge in [0.25, 0.3) is 0 Å². The molecule has 1 fully saturated rings. The molecule has 28 heavy (non-hydrogen) atoms. The van der Waals surface area contributed by atoms with E-state index in [1.54, 1.807) is 7.05 Å². The summed E-state index contributed by atoms with van der Waals surface area (Å²) in [5, 5.41) is 7.89. The third-order valence-electron chi connectivity index (χ3n) is 5.42. The Bertz CT molecular complexity index is 778. The fourth-order valence-electron chi connectivity index (χ4n) is 3.71. The van der Waals surface area contributed by atoms with Crippen LogP contribution in [0.4, 0.5) is 4.39 Å². The summed E-state index contributed by atoms with van der Waals surface area (Å²) in [5.74, 6) is 1.18. The summed E-state index contributed by atoms with van der Waals surface area (Å²) in [5.41, 5.74) is 2.02. The third-order valence-corrected chi connectivity index (χ3v) is 5.42. The molecule has 0 bridgehead atoms. The van der Waals surface area contributed by atoms with Gasteiger partial charge in [-0.05, 0) is 43.1 Å². The molecule has 1 aromatic heterocycles. The van der Waals surface area contributed by atoms with Crippen LogP contribution in [0.2, 0.25) is 0 Å². The number of rotatable bonds is 7. The van der Waals surface area contributed by atoms with Crippen LogP contribution >= 0.6 is 0 Å². The van der Waals surface area contributed by atoms with Gasteiger partial charge in [0.1, 0.15) is 5.82 Å². The van der Waals surface area contributed by atoms with Crippen LogP contribution in [-0.2, 0) is 6.42 Å². The monoisotopic (exact) mass is 388 g/mol. The van der Waals surface area contributed by atoms with E-state index in [-0.39, 0.29) is 5.82 Å². The van der Waals surface area contributed by atoms with Crippen LogP contribution in [0.25, 0.3) is 10.9 Å². The lowest BCUT2D eigenvalue weighted by atomic mass is 10.1. The largest absolute Gasteiger partial charge is 0.361 e. The molecule has 0 saturated carbocycles. The first kappa shape index (κ1) is 20.6. The highest BCUT2D eigenvalue weighted by molar-refractivity contribution is 5.83. The SMILES string of the molecule is CN=C(NCCc1c[nH]c2cc(F)ccc12)NCC(C)CN1CCN(C)CC1. The minimum atomic E-state index is -0.214. The molecule has 154 valence electrons. The molecule has 6 nitrogen and oxygen atoms in total. The molecule has 0 amide bonds. The summed E-state index contributed by atoms with van der Waals surface area (Å²) in [7, 11) is 3.99. The van der Waals surface area contributed by atoms with Gasteiger partial charge in [0.15, 0.2) is 5.96 Å². The van der Waals surface area contributed by atoms with E-state index in [2.05, 4.69) is 44.4 Å². The van der Waals surface area contributed by atoms with Gasteiger partial charge in [-0.3, -0.25) is 4.99 Å². The molecule has 1 aliphatic rings. The zero-order valence-corrected chi connectivity index (χ0v) is 17.3. The maximum Gasteiger partial charge on any atom is 0.190 e. The Labute approximate surface area is 167 Å². The average Bonchev–Trinajstić information content (AvgIpc) is 3.08. The van der Waals surface area contributed by atoms with Gasteiger partial charge in [0.05, 0.1) is 0 Å². The zero-order valence-electron chi connectivity index (χ0n) is 17.3. The number of benzene rings is 1. The van der Waals surface area contributed by atoms with Crippen molar-refractivity contribution >= 4 is 16.9 Å². The van der Waals surface area contributed by atoms with E-state index < -0.39 is 0 Å². The molecule has 0 aliphatic carbocycles. The summed E-state index contributed by atoms with van der Waals surface area (Å²) in [6.07, 6.45) is 2.81. The number of aromatic amines is 1. The Hall–Kier alpha value is -2.12. The first-order valence-corrected chi connectivity index (χ1v) is 10.2. The summed E-state index contributed by atoms with van der Waals surface area (Å²) in [4.78, 5) is 12.4. The lowest BCUT2D eigenvalue weighted by Crippen LogP contribution is -2.47. The first-order chi connectivity index (χ1) is 13.5. The molecule has 2 aromatic rings. The fraction of sp³-hybridized carbons (Fsp3) is 0.571. The average molecular weight is 389 g/mol. The Kier molecular flexibility index (Phi) is 7.28. The van der Waals surface area contributed by atoms with E-state index in [1.165, 1.54) is 17.7 Å². The van der Waals surface area contributed by atoms with Gasteiger partial charge >= 0.3 is 0 Å². The van der Waals surface area contributed by atoms with Crippen molar-refractivity contribution < 1.29 is 4.39 Å². The number of aromatic nitrogens is 1. The molecule has 7 heteroatoms. The van der Waals surface area contributed by atoms with Crippen molar-refractivity contribution in [1.29, 1.82) is 0 Å². The van der Waals surface area contributed by atoms with Gasteiger partial charge in [0, 0.05) is 70.0 Å². The molecular weight excluding hydrogens is 355 g/mol. The van der Waals surface area contributed by atoms with Gasteiger partial charge < -0.3 is 25.4 Å². The van der Waals surface area contributed by atoms with E-state index in [0.29, 0.717) is 5.92 Å². The summed E-state index contributed by atoms with van der Waals surface area (Å²) in [6.45, 7) is 9.70. The van der Waals surface area contributed by atoms with Crippen molar-refractivity contribution in [3.63, 3.8) is 0 Å². The second-order valence-corrected chi connectivity index (χ2v) is 7.84. The van der Waals surface area contributed by atoms with E-state index in [9.17, 15) is 4.39 Å². The van der Waals surface area contributed by atoms with Crippen molar-refractivity contribution in [2.75, 3.05) is 59.9 Å². The molecule has 1 unspecified atom stereocenters. The minimum Gasteiger partial charge on any atom is -0.361 e. The lowest BCUT2D eigenvalue weighted by molar-refractivity contribution is 0.139. The third kappa shape index (κ3) is 5.69. The minimum absolute atomic E-state index is 0.214. The number of hydrogen-bond donors (Lipinski definition) is 3. The highest BCUT2D eigenvalue weighted by atomic mass is 19.1. The number of fused-ring (bicyclic) bond motifs is 1. The van der Waals surface area contributed by atoms with Gasteiger partial charge in [-0.2, -0.15) is 0 Å². The molecule has 0 radical (unpaired) electrons. The highest BCUT2D eigenvalue weighted by Gasteiger charge is 2.16. The Morgan fingerprint density at radius 3 is 2.79 bits per heavy atom. The van der Waals surface area contributed by atoms with Gasteiger partial charge in [0.2, 0.25) is 0 Å². The van der Waals surface area contributed by atoms with Crippen molar-refractivity contribution in [2.24, 2.45) is 10.9 Å². The zero-order chi connectivity index (χ0) is 19.9. The standard InChI is InChI=1S/C21H33FN6/c1-16(15-28-10-8-27(3)9-11-28)13-26-21(23-2)24-7-6-17-14-25-20-12-18(22)4-5-19(17)20/h4-5,12,14,16,25H,6-11,13,15H2,1-3H3,(H2,23,24,26). The number of likely N-dealkylation sites (N-methyl/N-ethyl adjacent to an activating group) is 1. The Balaban J connectivity index is 1.39. The summed E-state index contributed by atoms with van der Waals surface area (Å²) < 4.78 is 13.3. The number of nitrogens with one attached hydrogen (secondary N) is 3. The number of H-pyrrole nitrogens is 1. The molecule has 1 atom stereocenters. The van der Waals surface area contributed by atoms with Gasteiger partial charge in [-0.1, -0.05) is 6.92 Å². The Morgan fingerprint density at radius 1 is 1.25 bits per heavy atom. The van der Waals surface area contributed by atoms with Crippen LogP contribution in [0.1, 0.15) is 12.5 Å². The maximum atomic E-state index is 13.3. The molecule has 1 aromatic carbocycles. The number of piperazine rings is 1. The molecule has 2 heterocycles. The highest BCUT2D eigenvalue weighted by Crippen LogP contribution is 2.19. The maximum absolute atomic E-state index is 13.3. The van der Waals surface area contributed by atoms with E-state index in [4.69, 9.17) is 0 Å². The Morgan fingerprint density at radius 2 is 2.04 bits per heavy atom. The van der Waals surface area contributed by atoms with Crippen LogP contribution in [0, 0.1) is 11.7 Å². The lowest BCUT2D eigenvalue weighted by Gasteiger charge is -2.34. The van der Waals surface area contributed by atoms with Crippen molar-refractivity contribution in [3.05, 3.63) is 35.8 Å². The van der Waals surface area contributed by atoms with Crippen LogP contribution < -0.4 is 10.6 Å². The summed E-state index contributed by atoms with van der Waals surface area (Å²) >= 11 is 0.